The van der Waals surface area contributed by atoms with E-state index in [2.05, 4.69) is 20.8 Å². The lowest BCUT2D eigenvalue weighted by Gasteiger charge is -2.05. The van der Waals surface area contributed by atoms with Crippen molar-refractivity contribution in [1.82, 2.24) is 15.5 Å². The Morgan fingerprint density at radius 3 is 2.44 bits per heavy atom. The molecule has 3 rings (SSSR count). The number of amides is 2. The number of carbonyl (C=O) groups excluding carboxylic acids is 1. The topological polar surface area (TPSA) is 114 Å². The van der Waals surface area contributed by atoms with E-state index < -0.39 is 21.1 Å². The predicted octanol–water partition coefficient (Wildman–Crippen LogP) is 3.02. The van der Waals surface area contributed by atoms with Crippen LogP contribution in [0.3, 0.4) is 0 Å². The van der Waals surface area contributed by atoms with Crippen LogP contribution < -0.4 is 10.6 Å². The van der Waals surface area contributed by atoms with E-state index in [0.29, 0.717) is 16.3 Å². The van der Waals surface area contributed by atoms with Crippen molar-refractivity contribution in [2.45, 2.75) is 17.5 Å². The Morgan fingerprint density at radius 2 is 1.74 bits per heavy atom. The van der Waals surface area contributed by atoms with Gasteiger partial charge in [0.2, 0.25) is 15.7 Å². The van der Waals surface area contributed by atoms with Crippen molar-refractivity contribution in [1.29, 1.82) is 0 Å². The van der Waals surface area contributed by atoms with Crippen LogP contribution in [-0.2, 0) is 22.1 Å². The van der Waals surface area contributed by atoms with E-state index in [1.807, 2.05) is 6.07 Å². The summed E-state index contributed by atoms with van der Waals surface area (Å²) in [5.41, 5.74) is 1.16. The van der Waals surface area contributed by atoms with E-state index in [1.54, 1.807) is 48.5 Å². The molecule has 0 unspecified atom stereocenters. The van der Waals surface area contributed by atoms with Gasteiger partial charge >= 0.3 is 11.3 Å². The molecule has 2 aromatic carbocycles. The highest BCUT2D eigenvalue weighted by Crippen LogP contribution is 2.17. The summed E-state index contributed by atoms with van der Waals surface area (Å²) in [4.78, 5) is 11.8. The highest BCUT2D eigenvalue weighted by atomic mass is 35.5. The van der Waals surface area contributed by atoms with Gasteiger partial charge in [-0.1, -0.05) is 47.0 Å². The highest BCUT2D eigenvalue weighted by Gasteiger charge is 2.23. The predicted molar refractivity (Wildman–Crippen MR) is 98.9 cm³/mol. The number of hydrogen-bond donors (Lipinski definition) is 2. The number of sulfone groups is 1. The summed E-state index contributed by atoms with van der Waals surface area (Å²) in [7, 11) is -3.80. The first-order valence-corrected chi connectivity index (χ1v) is 9.85. The normalized spacial score (nSPS) is 11.1. The van der Waals surface area contributed by atoms with E-state index in [-0.39, 0.29) is 18.2 Å². The summed E-state index contributed by atoms with van der Waals surface area (Å²) in [6.07, 6.45) is 0. The quantitative estimate of drug-likeness (QED) is 0.650. The summed E-state index contributed by atoms with van der Waals surface area (Å²) >= 11 is 5.78. The smallest absolute Gasteiger partial charge is 0.335 e. The summed E-state index contributed by atoms with van der Waals surface area (Å²) in [5, 5.41) is 12.4. The second-order valence-electron chi connectivity index (χ2n) is 5.52. The van der Waals surface area contributed by atoms with Gasteiger partial charge < -0.3 is 15.1 Å². The first-order chi connectivity index (χ1) is 12.9. The Kier molecular flexibility index (Phi) is 5.72. The molecule has 0 bridgehead atoms. The maximum atomic E-state index is 12.4. The molecule has 0 aliphatic heterocycles. The van der Waals surface area contributed by atoms with Crippen LogP contribution in [-0.4, -0.2) is 24.6 Å². The zero-order valence-corrected chi connectivity index (χ0v) is 15.5. The molecule has 27 heavy (non-hydrogen) atoms. The van der Waals surface area contributed by atoms with Crippen molar-refractivity contribution in [3.8, 4) is 0 Å². The van der Waals surface area contributed by atoms with Gasteiger partial charge in [-0.3, -0.25) is 0 Å². The van der Waals surface area contributed by atoms with Crippen molar-refractivity contribution < 1.29 is 17.6 Å². The molecule has 0 aliphatic rings. The molecule has 0 atom stereocenters. The van der Waals surface area contributed by atoms with Gasteiger partial charge in [0.25, 0.3) is 0 Å². The third-order valence-corrected chi connectivity index (χ3v) is 5.08. The van der Waals surface area contributed by atoms with Gasteiger partial charge in [-0.2, -0.15) is 0 Å². The largest absolute Gasteiger partial charge is 0.411 e. The number of anilines is 1. The Hall–Kier alpha value is -2.91. The lowest BCUT2D eigenvalue weighted by molar-refractivity contribution is 0.250. The van der Waals surface area contributed by atoms with E-state index >= 15 is 0 Å². The van der Waals surface area contributed by atoms with E-state index in [4.69, 9.17) is 16.0 Å². The van der Waals surface area contributed by atoms with E-state index in [9.17, 15) is 13.2 Å². The van der Waals surface area contributed by atoms with E-state index in [1.165, 1.54) is 0 Å². The number of benzene rings is 2. The fraction of sp³-hybridized carbons (Fsp3) is 0.118. The average molecular weight is 407 g/mol. The number of carbonyl (C=O) groups is 1. The van der Waals surface area contributed by atoms with Gasteiger partial charge in [-0.15, -0.1) is 5.10 Å². The molecular formula is C17H15ClN4O4S. The zero-order valence-electron chi connectivity index (χ0n) is 13.9. The van der Waals surface area contributed by atoms with Gasteiger partial charge in [0.1, 0.15) is 0 Å². The standard InChI is InChI=1S/C17H15ClN4O4S/c18-13-8-6-12(7-9-13)11-27(24,25)17-22-21-15(26-17)10-19-16(23)20-14-4-2-1-3-5-14/h1-9H,10-11H2,(H2,19,20,23). The molecule has 10 heteroatoms. The molecule has 0 saturated heterocycles. The van der Waals surface area contributed by atoms with Crippen molar-refractivity contribution in [2.75, 3.05) is 5.32 Å². The van der Waals surface area contributed by atoms with Crippen molar-refractivity contribution in [3.05, 3.63) is 71.1 Å². The minimum atomic E-state index is -3.80. The summed E-state index contributed by atoms with van der Waals surface area (Å²) in [6.45, 7) is -0.109. The van der Waals surface area contributed by atoms with Crippen LogP contribution >= 0.6 is 11.6 Å². The van der Waals surface area contributed by atoms with Crippen molar-refractivity contribution in [2.24, 2.45) is 0 Å². The minimum Gasteiger partial charge on any atom is -0.411 e. The number of halogens is 1. The monoisotopic (exact) mass is 406 g/mol. The average Bonchev–Trinajstić information content (AvgIpc) is 3.13. The van der Waals surface area contributed by atoms with Crippen LogP contribution in [0.2, 0.25) is 5.02 Å². The second kappa shape index (κ2) is 8.19. The zero-order chi connectivity index (χ0) is 19.3. The number of hydrogen-bond acceptors (Lipinski definition) is 6. The highest BCUT2D eigenvalue weighted by molar-refractivity contribution is 7.90. The fourth-order valence-electron chi connectivity index (χ4n) is 2.15. The summed E-state index contributed by atoms with van der Waals surface area (Å²) in [5.74, 6) is -0.318. The van der Waals surface area contributed by atoms with Crippen LogP contribution in [0.15, 0.2) is 64.2 Å². The minimum absolute atomic E-state index is 0.0205. The molecule has 8 nitrogen and oxygen atoms in total. The van der Waals surface area contributed by atoms with Gasteiger partial charge in [0.05, 0.1) is 12.3 Å². The molecule has 3 aromatic rings. The Balaban J connectivity index is 1.58. The summed E-state index contributed by atoms with van der Waals surface area (Å²) in [6, 6.07) is 14.8. The van der Waals surface area contributed by atoms with Crippen LogP contribution in [0.5, 0.6) is 0 Å². The third-order valence-electron chi connectivity index (χ3n) is 3.42. The van der Waals surface area contributed by atoms with E-state index in [0.717, 1.165) is 0 Å². The van der Waals surface area contributed by atoms with Crippen LogP contribution in [0.4, 0.5) is 10.5 Å². The number of nitrogens with one attached hydrogen (secondary N) is 2. The molecule has 2 amide bonds. The number of aromatic nitrogens is 2. The third kappa shape index (κ3) is 5.28. The Bertz CT molecular complexity index is 1020. The molecule has 0 spiro atoms. The summed E-state index contributed by atoms with van der Waals surface area (Å²) < 4.78 is 29.9. The molecule has 0 aliphatic carbocycles. The second-order valence-corrected chi connectivity index (χ2v) is 7.82. The SMILES string of the molecule is O=C(NCc1nnc(S(=O)(=O)Cc2ccc(Cl)cc2)o1)Nc1ccccc1. The molecule has 2 N–H and O–H groups in total. The lowest BCUT2D eigenvalue weighted by atomic mass is 10.2. The lowest BCUT2D eigenvalue weighted by Crippen LogP contribution is -2.28. The van der Waals surface area contributed by atoms with Gasteiger partial charge in [-0.25, -0.2) is 13.2 Å². The molecule has 1 aromatic heterocycles. The van der Waals surface area contributed by atoms with Gasteiger partial charge in [0, 0.05) is 10.7 Å². The maximum absolute atomic E-state index is 12.4. The maximum Gasteiger partial charge on any atom is 0.335 e. The van der Waals surface area contributed by atoms with Crippen LogP contribution in [0, 0.1) is 0 Å². The van der Waals surface area contributed by atoms with Crippen molar-refractivity contribution in [3.63, 3.8) is 0 Å². The first kappa shape index (κ1) is 18.9. The molecular weight excluding hydrogens is 392 g/mol. The Morgan fingerprint density at radius 1 is 1.04 bits per heavy atom. The number of para-hydroxylation sites is 1. The molecule has 0 fully saturated rings. The number of urea groups is 1. The molecule has 1 heterocycles. The van der Waals surface area contributed by atoms with Gasteiger partial charge in [-0.05, 0) is 29.8 Å². The number of rotatable bonds is 6. The first-order valence-electron chi connectivity index (χ1n) is 7.82. The molecule has 0 radical (unpaired) electrons. The molecule has 140 valence electrons. The van der Waals surface area contributed by atoms with Crippen LogP contribution in [0.1, 0.15) is 11.5 Å². The van der Waals surface area contributed by atoms with Crippen molar-refractivity contribution >= 4 is 33.2 Å². The van der Waals surface area contributed by atoms with Gasteiger partial charge in [0.15, 0.2) is 0 Å². The molecule has 0 saturated carbocycles. The number of nitrogens with zero attached hydrogens (tertiary/aromatic N) is 2. The fourth-order valence-corrected chi connectivity index (χ4v) is 3.42. The Labute approximate surface area is 160 Å². The van der Waals surface area contributed by atoms with Crippen LogP contribution in [0.25, 0.3) is 0 Å².